The molecule has 1 unspecified atom stereocenters. The van der Waals surface area contributed by atoms with Crippen molar-refractivity contribution in [2.24, 2.45) is 0 Å². The maximum atomic E-state index is 12.4. The molecule has 0 amide bonds. The number of alkyl halides is 8. The van der Waals surface area contributed by atoms with Crippen LogP contribution in [-0.4, -0.2) is 44.5 Å². The van der Waals surface area contributed by atoms with E-state index in [2.05, 4.69) is 0 Å². The minimum atomic E-state index is -7.29. The second kappa shape index (κ2) is 8.20. The van der Waals surface area contributed by atoms with Gasteiger partial charge in [-0.05, 0) is 0 Å². The first-order chi connectivity index (χ1) is 8.40. The van der Waals surface area contributed by atoms with E-state index in [0.717, 1.165) is 0 Å². The summed E-state index contributed by atoms with van der Waals surface area (Å²) in [6.07, 6.45) is -13.7. The Hall–Kier alpha value is 1.42. The molecule has 0 radical (unpaired) electrons. The second-order valence-corrected chi connectivity index (χ2v) is 5.26. The van der Waals surface area contributed by atoms with Gasteiger partial charge in [0.1, 0.15) is 0 Å². The van der Waals surface area contributed by atoms with Crippen molar-refractivity contribution in [1.29, 1.82) is 0 Å². The van der Waals surface area contributed by atoms with Crippen LogP contribution in [0.2, 0.25) is 0 Å². The molecule has 0 aliphatic carbocycles. The zero-order chi connectivity index (χ0) is 16.8. The maximum Gasteiger partial charge on any atom is 1.00 e. The van der Waals surface area contributed by atoms with Gasteiger partial charge in [-0.1, -0.05) is 0 Å². The Labute approximate surface area is 163 Å². The zero-order valence-electron chi connectivity index (χ0n) is 10.3. The molecule has 0 fully saturated rings. The van der Waals surface area contributed by atoms with E-state index in [0.29, 0.717) is 0 Å². The Kier molecular flexibility index (Phi) is 10.5. The Balaban J connectivity index is -0.00000180. The van der Waals surface area contributed by atoms with E-state index in [1.165, 1.54) is 0 Å². The predicted octanol–water partition coefficient (Wildman–Crippen LogP) is -5.19. The standard InChI is InChI=1S/C4H2F8O6S2.2Na/c5-1(6,3(9,10)19(13)14)18-2(7,8)4(11,12)20(15,16)17;;/h(H,13,14)(H,15,16,17);;/q;2*+1/p-2. The van der Waals surface area contributed by atoms with Gasteiger partial charge in [-0.15, -0.1) is 0 Å². The average Bonchev–Trinajstić information content (AvgIpc) is 2.12. The van der Waals surface area contributed by atoms with Crippen LogP contribution in [-0.2, 0) is 25.9 Å². The minimum Gasteiger partial charge on any atom is -0.768 e. The van der Waals surface area contributed by atoms with Gasteiger partial charge in [0.05, 0.1) is 0 Å². The van der Waals surface area contributed by atoms with Crippen molar-refractivity contribution in [1.82, 2.24) is 0 Å². The van der Waals surface area contributed by atoms with E-state index in [9.17, 15) is 56.9 Å². The molecule has 0 rings (SSSR count). The topological polar surface area (TPSA) is 107 Å². The molecule has 0 aromatic carbocycles. The first-order valence-electron chi connectivity index (χ1n) is 3.66. The smallest absolute Gasteiger partial charge is 0.768 e. The molecule has 0 heterocycles. The van der Waals surface area contributed by atoms with E-state index in [-0.39, 0.29) is 59.1 Å². The van der Waals surface area contributed by atoms with Gasteiger partial charge in [0.25, 0.3) is 0 Å². The molecule has 0 aromatic heterocycles. The zero-order valence-corrected chi connectivity index (χ0v) is 15.9. The summed E-state index contributed by atoms with van der Waals surface area (Å²) >= 11 is -5.09. The van der Waals surface area contributed by atoms with Crippen molar-refractivity contribution in [2.75, 3.05) is 0 Å². The quantitative estimate of drug-likeness (QED) is 0.189. The molecule has 0 bridgehead atoms. The molecule has 6 nitrogen and oxygen atoms in total. The Bertz CT molecular complexity index is 509. The Morgan fingerprint density at radius 1 is 0.864 bits per heavy atom. The summed E-state index contributed by atoms with van der Waals surface area (Å²) in [7, 11) is -7.29. The summed E-state index contributed by atoms with van der Waals surface area (Å²) in [5.41, 5.74) is 0. The fourth-order valence-electron chi connectivity index (χ4n) is 0.522. The molecule has 18 heteroatoms. The molecule has 22 heavy (non-hydrogen) atoms. The Morgan fingerprint density at radius 3 is 1.41 bits per heavy atom. The van der Waals surface area contributed by atoms with E-state index in [4.69, 9.17) is 0 Å². The van der Waals surface area contributed by atoms with Gasteiger partial charge in [0.15, 0.2) is 10.1 Å². The second-order valence-electron chi connectivity index (χ2n) is 2.86. The van der Waals surface area contributed by atoms with Gasteiger partial charge in [0, 0.05) is 11.1 Å². The first-order valence-corrected chi connectivity index (χ1v) is 6.14. The van der Waals surface area contributed by atoms with E-state index in [1.807, 2.05) is 0 Å². The molecule has 0 aliphatic rings. The molecule has 0 aromatic rings. The van der Waals surface area contributed by atoms with E-state index in [1.54, 1.807) is 4.74 Å². The molecule has 0 N–H and O–H groups in total. The van der Waals surface area contributed by atoms with Crippen molar-refractivity contribution in [3.8, 4) is 0 Å². The summed E-state index contributed by atoms with van der Waals surface area (Å²) in [6.45, 7) is 0. The fraction of sp³-hybridized carbons (Fsp3) is 1.00. The molecular formula is C4F8Na2O6S2. The summed E-state index contributed by atoms with van der Waals surface area (Å²) < 4.78 is 149. The SMILES string of the molecule is O=S([O-])C(F)(F)C(F)(F)OC(F)(F)C(F)(F)S(=O)(=O)[O-].[Na+].[Na+]. The molecule has 0 spiro atoms. The minimum absolute atomic E-state index is 0. The largest absolute Gasteiger partial charge is 1.00 e. The molecule has 0 aliphatic heterocycles. The summed E-state index contributed by atoms with van der Waals surface area (Å²) in [5.74, 6) is 0. The number of halogens is 8. The molecular weight excluding hydrogens is 406 g/mol. The monoisotopic (exact) mass is 406 g/mol. The van der Waals surface area contributed by atoms with Gasteiger partial charge in [-0.2, -0.15) is 35.1 Å². The summed E-state index contributed by atoms with van der Waals surface area (Å²) in [4.78, 5) is 0. The maximum absolute atomic E-state index is 12.4. The van der Waals surface area contributed by atoms with Crippen LogP contribution in [0.25, 0.3) is 0 Å². The first kappa shape index (κ1) is 28.2. The third-order valence-corrected chi connectivity index (χ3v) is 2.98. The normalized spacial score (nSPS) is 15.5. The van der Waals surface area contributed by atoms with E-state index >= 15 is 0 Å². The molecule has 0 saturated carbocycles. The number of rotatable bonds is 6. The van der Waals surface area contributed by atoms with Crippen LogP contribution in [0.3, 0.4) is 0 Å². The molecule has 1 atom stereocenters. The van der Waals surface area contributed by atoms with Crippen LogP contribution in [0, 0.1) is 0 Å². The third kappa shape index (κ3) is 5.47. The van der Waals surface area contributed by atoms with Gasteiger partial charge in [-0.3, -0.25) is 4.21 Å². The van der Waals surface area contributed by atoms with Crippen molar-refractivity contribution in [3.05, 3.63) is 0 Å². The molecule has 122 valence electrons. The fourth-order valence-corrected chi connectivity index (χ4v) is 1.09. The van der Waals surface area contributed by atoms with Gasteiger partial charge in [0.2, 0.25) is 0 Å². The van der Waals surface area contributed by atoms with Gasteiger partial charge in [-0.25, -0.2) is 13.2 Å². The van der Waals surface area contributed by atoms with Crippen LogP contribution in [0.15, 0.2) is 0 Å². The van der Waals surface area contributed by atoms with Crippen LogP contribution < -0.4 is 59.1 Å². The van der Waals surface area contributed by atoms with Crippen LogP contribution in [0.5, 0.6) is 0 Å². The average molecular weight is 406 g/mol. The van der Waals surface area contributed by atoms with Crippen molar-refractivity contribution in [3.63, 3.8) is 0 Å². The van der Waals surface area contributed by atoms with Gasteiger partial charge >= 0.3 is 81.8 Å². The number of hydrogen-bond acceptors (Lipinski definition) is 6. The van der Waals surface area contributed by atoms with E-state index < -0.39 is 43.9 Å². The van der Waals surface area contributed by atoms with Crippen LogP contribution in [0.4, 0.5) is 35.1 Å². The van der Waals surface area contributed by atoms with Gasteiger partial charge < -0.3 is 9.11 Å². The summed E-state index contributed by atoms with van der Waals surface area (Å²) in [5, 5.41) is -13.3. The number of hydrogen-bond donors (Lipinski definition) is 0. The van der Waals surface area contributed by atoms with Crippen LogP contribution in [0.1, 0.15) is 0 Å². The van der Waals surface area contributed by atoms with Crippen molar-refractivity contribution >= 4 is 21.2 Å². The Morgan fingerprint density at radius 2 is 1.18 bits per heavy atom. The number of ether oxygens (including phenoxy) is 1. The van der Waals surface area contributed by atoms with Crippen molar-refractivity contribution in [2.45, 2.75) is 22.7 Å². The van der Waals surface area contributed by atoms with Crippen LogP contribution >= 0.6 is 0 Å². The third-order valence-electron chi connectivity index (χ3n) is 1.46. The van der Waals surface area contributed by atoms with Crippen molar-refractivity contribution < 1.29 is 121 Å². The molecule has 0 saturated heterocycles. The summed E-state index contributed by atoms with van der Waals surface area (Å²) in [6, 6.07) is 0. The predicted molar refractivity (Wildman–Crippen MR) is 39.5 cm³/mol.